The molecule has 1 aliphatic heterocycles. The predicted molar refractivity (Wildman–Crippen MR) is 89.7 cm³/mol. The highest BCUT2D eigenvalue weighted by Gasteiger charge is 2.47. The Morgan fingerprint density at radius 2 is 1.88 bits per heavy atom. The molecule has 136 valence electrons. The summed E-state index contributed by atoms with van der Waals surface area (Å²) in [5.74, 6) is -2.00. The first-order valence-electron chi connectivity index (χ1n) is 7.80. The lowest BCUT2D eigenvalue weighted by Gasteiger charge is -2.30. The SMILES string of the molecule is CCc1ccc(-c2cc(Cl)cc3c2OC(C(F)(F)F)C(C(=O)[O-])=C3)cc1. The van der Waals surface area contributed by atoms with Gasteiger partial charge in [0.15, 0.2) is 0 Å². The average molecular weight is 382 g/mol. The van der Waals surface area contributed by atoms with Gasteiger partial charge in [-0.15, -0.1) is 0 Å². The number of ether oxygens (including phenoxy) is 1. The monoisotopic (exact) mass is 381 g/mol. The maximum absolute atomic E-state index is 13.3. The second-order valence-electron chi connectivity index (χ2n) is 5.85. The van der Waals surface area contributed by atoms with Gasteiger partial charge in [0.25, 0.3) is 0 Å². The van der Waals surface area contributed by atoms with Gasteiger partial charge >= 0.3 is 6.18 Å². The third-order valence-electron chi connectivity index (χ3n) is 4.12. The number of benzene rings is 2. The number of aryl methyl sites for hydroxylation is 1. The molecule has 0 aromatic heterocycles. The van der Waals surface area contributed by atoms with E-state index in [1.807, 2.05) is 19.1 Å². The van der Waals surface area contributed by atoms with E-state index in [0.717, 1.165) is 18.1 Å². The second kappa shape index (κ2) is 6.68. The number of fused-ring (bicyclic) bond motifs is 1. The van der Waals surface area contributed by atoms with Crippen molar-refractivity contribution in [2.24, 2.45) is 0 Å². The van der Waals surface area contributed by atoms with Crippen LogP contribution in [0.5, 0.6) is 5.75 Å². The van der Waals surface area contributed by atoms with E-state index in [2.05, 4.69) is 0 Å². The predicted octanol–water partition coefficient (Wildman–Crippen LogP) is 4.03. The maximum Gasteiger partial charge on any atom is 0.429 e. The van der Waals surface area contributed by atoms with Crippen LogP contribution in [0.2, 0.25) is 5.02 Å². The van der Waals surface area contributed by atoms with Gasteiger partial charge < -0.3 is 14.6 Å². The highest BCUT2D eigenvalue weighted by molar-refractivity contribution is 6.31. The zero-order valence-corrected chi connectivity index (χ0v) is 14.3. The Labute approximate surface area is 152 Å². The molecule has 0 spiro atoms. The van der Waals surface area contributed by atoms with Gasteiger partial charge in [-0.1, -0.05) is 42.8 Å². The molecule has 0 amide bonds. The minimum Gasteiger partial charge on any atom is -0.545 e. The molecule has 0 aliphatic carbocycles. The molecule has 0 saturated heterocycles. The van der Waals surface area contributed by atoms with Crippen LogP contribution in [-0.2, 0) is 11.2 Å². The Morgan fingerprint density at radius 3 is 2.42 bits per heavy atom. The summed E-state index contributed by atoms with van der Waals surface area (Å²) in [6.07, 6.45) is -5.78. The summed E-state index contributed by atoms with van der Waals surface area (Å²) >= 11 is 6.07. The van der Waals surface area contributed by atoms with Gasteiger partial charge in [-0.3, -0.25) is 0 Å². The zero-order valence-electron chi connectivity index (χ0n) is 13.6. The number of hydrogen-bond acceptors (Lipinski definition) is 3. The lowest BCUT2D eigenvalue weighted by Crippen LogP contribution is -2.44. The summed E-state index contributed by atoms with van der Waals surface area (Å²) in [6, 6.07) is 10.1. The summed E-state index contributed by atoms with van der Waals surface area (Å²) in [7, 11) is 0. The first kappa shape index (κ1) is 18.3. The van der Waals surface area contributed by atoms with Crippen molar-refractivity contribution in [3.05, 3.63) is 58.1 Å². The standard InChI is InChI=1S/C19H14ClF3O3/c1-2-10-3-5-11(6-4-10)14-9-13(20)7-12-8-15(18(24)25)17(19(21,22)23)26-16(12)14/h3-9,17H,2H2,1H3,(H,24,25)/p-1. The number of carbonyl (C=O) groups is 1. The fraction of sp³-hybridized carbons (Fsp3) is 0.211. The van der Waals surface area contributed by atoms with Crippen LogP contribution in [0.15, 0.2) is 42.0 Å². The molecule has 0 bridgehead atoms. The van der Waals surface area contributed by atoms with E-state index in [-0.39, 0.29) is 16.3 Å². The Morgan fingerprint density at radius 1 is 1.23 bits per heavy atom. The molecule has 1 unspecified atom stereocenters. The Balaban J connectivity index is 2.18. The van der Waals surface area contributed by atoms with Gasteiger partial charge in [-0.25, -0.2) is 0 Å². The molecular formula is C19H13ClF3O3-. The smallest absolute Gasteiger partial charge is 0.429 e. The van der Waals surface area contributed by atoms with Crippen molar-refractivity contribution in [1.29, 1.82) is 0 Å². The third kappa shape index (κ3) is 3.42. The highest BCUT2D eigenvalue weighted by atomic mass is 35.5. The molecule has 0 N–H and O–H groups in total. The van der Waals surface area contributed by atoms with Crippen molar-refractivity contribution < 1.29 is 27.8 Å². The van der Waals surface area contributed by atoms with E-state index in [1.54, 1.807) is 12.1 Å². The van der Waals surface area contributed by atoms with Crippen LogP contribution in [0.4, 0.5) is 13.2 Å². The van der Waals surface area contributed by atoms with Gasteiger partial charge in [0, 0.05) is 21.7 Å². The van der Waals surface area contributed by atoms with E-state index < -0.39 is 23.8 Å². The van der Waals surface area contributed by atoms with E-state index >= 15 is 0 Å². The summed E-state index contributed by atoms with van der Waals surface area (Å²) in [5, 5.41) is 11.4. The molecule has 1 aliphatic rings. The van der Waals surface area contributed by atoms with Gasteiger partial charge in [0.2, 0.25) is 6.10 Å². The maximum atomic E-state index is 13.3. The Hall–Kier alpha value is -2.47. The number of rotatable bonds is 3. The zero-order chi connectivity index (χ0) is 19.1. The minimum atomic E-state index is -4.90. The van der Waals surface area contributed by atoms with E-state index in [4.69, 9.17) is 16.3 Å². The van der Waals surface area contributed by atoms with Gasteiger partial charge in [-0.05, 0) is 35.8 Å². The van der Waals surface area contributed by atoms with Crippen LogP contribution >= 0.6 is 11.6 Å². The molecule has 1 heterocycles. The molecule has 3 rings (SSSR count). The van der Waals surface area contributed by atoms with Crippen LogP contribution in [0.3, 0.4) is 0 Å². The quantitative estimate of drug-likeness (QED) is 0.806. The molecule has 0 saturated carbocycles. The largest absolute Gasteiger partial charge is 0.545 e. The van der Waals surface area contributed by atoms with Crippen LogP contribution in [0.25, 0.3) is 17.2 Å². The molecule has 0 radical (unpaired) electrons. The Kier molecular flexibility index (Phi) is 4.71. The number of aliphatic carboxylic acids is 1. The van der Waals surface area contributed by atoms with Crippen LogP contribution in [-0.4, -0.2) is 18.2 Å². The summed E-state index contributed by atoms with van der Waals surface area (Å²) in [4.78, 5) is 11.1. The highest BCUT2D eigenvalue weighted by Crippen LogP contribution is 2.44. The molecule has 7 heteroatoms. The fourth-order valence-electron chi connectivity index (χ4n) is 2.82. The van der Waals surface area contributed by atoms with Gasteiger partial charge in [0.1, 0.15) is 5.75 Å². The van der Waals surface area contributed by atoms with E-state index in [1.165, 1.54) is 12.1 Å². The number of carbonyl (C=O) groups excluding carboxylic acids is 1. The first-order chi connectivity index (χ1) is 12.2. The van der Waals surface area contributed by atoms with Crippen LogP contribution in [0.1, 0.15) is 18.1 Å². The second-order valence-corrected chi connectivity index (χ2v) is 6.29. The number of alkyl halides is 3. The molecule has 3 nitrogen and oxygen atoms in total. The molecular weight excluding hydrogens is 369 g/mol. The number of halogens is 4. The normalized spacial score (nSPS) is 16.5. The Bertz CT molecular complexity index is 886. The number of carboxylic acids is 1. The van der Waals surface area contributed by atoms with Crippen molar-refractivity contribution in [2.75, 3.05) is 0 Å². The third-order valence-corrected chi connectivity index (χ3v) is 4.34. The lowest BCUT2D eigenvalue weighted by atomic mass is 9.95. The van der Waals surface area contributed by atoms with Crippen molar-refractivity contribution >= 4 is 23.6 Å². The number of hydrogen-bond donors (Lipinski definition) is 0. The van der Waals surface area contributed by atoms with Gasteiger partial charge in [-0.2, -0.15) is 13.2 Å². The average Bonchev–Trinajstić information content (AvgIpc) is 2.59. The summed E-state index contributed by atoms with van der Waals surface area (Å²) in [6.45, 7) is 1.99. The lowest BCUT2D eigenvalue weighted by molar-refractivity contribution is -0.302. The molecule has 26 heavy (non-hydrogen) atoms. The van der Waals surface area contributed by atoms with Crippen molar-refractivity contribution in [3.8, 4) is 16.9 Å². The van der Waals surface area contributed by atoms with Crippen LogP contribution < -0.4 is 9.84 Å². The van der Waals surface area contributed by atoms with Crippen LogP contribution in [0, 0.1) is 0 Å². The topological polar surface area (TPSA) is 49.4 Å². The minimum absolute atomic E-state index is 0.0639. The fourth-order valence-corrected chi connectivity index (χ4v) is 3.05. The van der Waals surface area contributed by atoms with Crippen molar-refractivity contribution in [1.82, 2.24) is 0 Å². The molecule has 2 aromatic carbocycles. The van der Waals surface area contributed by atoms with E-state index in [9.17, 15) is 23.1 Å². The molecule has 2 aromatic rings. The van der Waals surface area contributed by atoms with E-state index in [0.29, 0.717) is 11.1 Å². The van der Waals surface area contributed by atoms with Gasteiger partial charge in [0.05, 0.1) is 5.97 Å². The summed E-state index contributed by atoms with van der Waals surface area (Å²) < 4.78 is 44.9. The van der Waals surface area contributed by atoms with Crippen molar-refractivity contribution in [3.63, 3.8) is 0 Å². The molecule has 0 fully saturated rings. The number of carboxylic acid groups (broad SMARTS) is 1. The molecule has 1 atom stereocenters. The summed E-state index contributed by atoms with van der Waals surface area (Å²) in [5.41, 5.74) is 1.22. The van der Waals surface area contributed by atoms with Crippen molar-refractivity contribution in [2.45, 2.75) is 25.6 Å². The first-order valence-corrected chi connectivity index (χ1v) is 8.17.